The van der Waals surface area contributed by atoms with Gasteiger partial charge in [-0.25, -0.2) is 8.78 Å². The number of hydrogen-bond acceptors (Lipinski definition) is 2. The predicted molar refractivity (Wildman–Crippen MR) is 148 cm³/mol. The van der Waals surface area contributed by atoms with Gasteiger partial charge in [0.05, 0.1) is 6.42 Å². The highest BCUT2D eigenvalue weighted by molar-refractivity contribution is 6.30. The van der Waals surface area contributed by atoms with Crippen molar-refractivity contribution in [3.8, 4) is 11.1 Å². The van der Waals surface area contributed by atoms with Crippen molar-refractivity contribution >= 4 is 23.4 Å². The Kier molecular flexibility index (Phi) is 7.79. The van der Waals surface area contributed by atoms with Crippen molar-refractivity contribution in [3.63, 3.8) is 0 Å². The van der Waals surface area contributed by atoms with Gasteiger partial charge in [-0.1, -0.05) is 60.1 Å². The van der Waals surface area contributed by atoms with Gasteiger partial charge in [0.15, 0.2) is 11.6 Å². The van der Waals surface area contributed by atoms with Crippen LogP contribution in [0, 0.1) is 18.6 Å². The molecule has 5 rings (SSSR count). The lowest BCUT2D eigenvalue weighted by Gasteiger charge is -2.35. The van der Waals surface area contributed by atoms with Gasteiger partial charge in [0, 0.05) is 49.5 Å². The summed E-state index contributed by atoms with van der Waals surface area (Å²) in [6.07, 6.45) is 1.98. The minimum absolute atomic E-state index is 0.0228. The summed E-state index contributed by atoms with van der Waals surface area (Å²) in [4.78, 5) is 30.3. The first-order valence-corrected chi connectivity index (χ1v) is 13.2. The van der Waals surface area contributed by atoms with Crippen molar-refractivity contribution in [1.29, 1.82) is 0 Å². The first-order chi connectivity index (χ1) is 18.8. The van der Waals surface area contributed by atoms with Crippen molar-refractivity contribution in [3.05, 3.63) is 118 Å². The number of aromatic nitrogens is 1. The molecule has 3 aromatic carbocycles. The molecule has 0 N–H and O–H groups in total. The van der Waals surface area contributed by atoms with Crippen LogP contribution in [0.2, 0.25) is 5.02 Å². The standard InChI is InChI=1S/C31H28ClF2N3O2/c1-21-19-37(20-22-5-3-2-4-6-22)30(29(21)24-8-10-25(32)11-9-24)31(39)36-15-13-35(14-16-36)28(38)18-23-7-12-26(33)27(34)17-23/h2-12,17,19H,13-16,18,20H2,1H3. The van der Waals surface area contributed by atoms with Gasteiger partial charge in [-0.15, -0.1) is 0 Å². The summed E-state index contributed by atoms with van der Waals surface area (Å²) >= 11 is 6.13. The van der Waals surface area contributed by atoms with Crippen LogP contribution in [0.1, 0.15) is 27.2 Å². The van der Waals surface area contributed by atoms with Crippen molar-refractivity contribution in [2.24, 2.45) is 0 Å². The number of piperazine rings is 1. The third-order valence-corrected chi connectivity index (χ3v) is 7.31. The molecular weight excluding hydrogens is 520 g/mol. The number of hydrogen-bond donors (Lipinski definition) is 0. The quantitative estimate of drug-likeness (QED) is 0.298. The van der Waals surface area contributed by atoms with Crippen LogP contribution in [0.25, 0.3) is 11.1 Å². The van der Waals surface area contributed by atoms with E-state index in [4.69, 9.17) is 11.6 Å². The fourth-order valence-electron chi connectivity index (χ4n) is 5.05. The first-order valence-electron chi connectivity index (χ1n) is 12.8. The Morgan fingerprint density at radius 1 is 0.821 bits per heavy atom. The van der Waals surface area contributed by atoms with Crippen molar-refractivity contribution in [2.45, 2.75) is 19.9 Å². The molecule has 1 saturated heterocycles. The number of benzene rings is 3. The molecule has 0 bridgehead atoms. The SMILES string of the molecule is Cc1cn(Cc2ccccc2)c(C(=O)N2CCN(C(=O)Cc3ccc(F)c(F)c3)CC2)c1-c1ccc(Cl)cc1. The van der Waals surface area contributed by atoms with Crippen LogP contribution in [-0.2, 0) is 17.8 Å². The van der Waals surface area contributed by atoms with Gasteiger partial charge < -0.3 is 14.4 Å². The Balaban J connectivity index is 1.36. The maximum atomic E-state index is 14.0. The Labute approximate surface area is 231 Å². The molecule has 200 valence electrons. The highest BCUT2D eigenvalue weighted by atomic mass is 35.5. The first kappa shape index (κ1) is 26.6. The van der Waals surface area contributed by atoms with Crippen LogP contribution in [-0.4, -0.2) is 52.4 Å². The molecule has 1 aromatic heterocycles. The van der Waals surface area contributed by atoms with Gasteiger partial charge in [0.2, 0.25) is 5.91 Å². The number of rotatable bonds is 6. The molecule has 0 atom stereocenters. The molecule has 0 spiro atoms. The number of nitrogens with zero attached hydrogens (tertiary/aromatic N) is 3. The second kappa shape index (κ2) is 11.4. The second-order valence-electron chi connectivity index (χ2n) is 9.75. The monoisotopic (exact) mass is 547 g/mol. The molecule has 0 aliphatic carbocycles. The molecule has 4 aromatic rings. The van der Waals surface area contributed by atoms with Crippen LogP contribution >= 0.6 is 11.6 Å². The third kappa shape index (κ3) is 5.88. The Morgan fingerprint density at radius 3 is 2.15 bits per heavy atom. The van der Waals surface area contributed by atoms with E-state index in [1.165, 1.54) is 6.07 Å². The van der Waals surface area contributed by atoms with Crippen molar-refractivity contribution in [2.75, 3.05) is 26.2 Å². The lowest BCUT2D eigenvalue weighted by Crippen LogP contribution is -2.51. The van der Waals surface area contributed by atoms with E-state index in [1.807, 2.05) is 72.3 Å². The minimum atomic E-state index is -0.971. The average molecular weight is 548 g/mol. The van der Waals surface area contributed by atoms with Gasteiger partial charge in [0.25, 0.3) is 5.91 Å². The normalized spacial score (nSPS) is 13.5. The Morgan fingerprint density at radius 2 is 1.49 bits per heavy atom. The summed E-state index contributed by atoms with van der Waals surface area (Å²) in [5, 5.41) is 0.622. The molecule has 1 aliphatic rings. The summed E-state index contributed by atoms with van der Waals surface area (Å²) in [7, 11) is 0. The number of carbonyl (C=O) groups excluding carboxylic acids is 2. The Hall–Kier alpha value is -3.97. The lowest BCUT2D eigenvalue weighted by atomic mass is 10.0. The number of halogens is 3. The summed E-state index contributed by atoms with van der Waals surface area (Å²) in [6, 6.07) is 20.9. The number of carbonyl (C=O) groups is 2. The molecule has 2 heterocycles. The van der Waals surface area contributed by atoms with E-state index in [9.17, 15) is 18.4 Å². The minimum Gasteiger partial charge on any atom is -0.339 e. The zero-order valence-electron chi connectivity index (χ0n) is 21.5. The van der Waals surface area contributed by atoms with Gasteiger partial charge in [-0.3, -0.25) is 9.59 Å². The van der Waals surface area contributed by atoms with E-state index >= 15 is 0 Å². The van der Waals surface area contributed by atoms with E-state index in [-0.39, 0.29) is 18.2 Å². The molecular formula is C31H28ClF2N3O2. The molecule has 5 nitrogen and oxygen atoms in total. The summed E-state index contributed by atoms with van der Waals surface area (Å²) in [5.41, 5.74) is 4.85. The largest absolute Gasteiger partial charge is 0.339 e. The Bertz CT molecular complexity index is 1490. The maximum Gasteiger partial charge on any atom is 0.271 e. The topological polar surface area (TPSA) is 45.6 Å². The predicted octanol–water partition coefficient (Wildman–Crippen LogP) is 5.97. The summed E-state index contributed by atoms with van der Waals surface area (Å²) in [6.45, 7) is 4.02. The van der Waals surface area contributed by atoms with E-state index < -0.39 is 11.6 Å². The summed E-state index contributed by atoms with van der Waals surface area (Å²) in [5.74, 6) is -2.19. The zero-order chi connectivity index (χ0) is 27.5. The molecule has 0 radical (unpaired) electrons. The van der Waals surface area contributed by atoms with Gasteiger partial charge in [-0.2, -0.15) is 0 Å². The smallest absolute Gasteiger partial charge is 0.271 e. The van der Waals surface area contributed by atoms with Gasteiger partial charge in [0.1, 0.15) is 5.69 Å². The van der Waals surface area contributed by atoms with Crippen molar-refractivity contribution < 1.29 is 18.4 Å². The van der Waals surface area contributed by atoms with Gasteiger partial charge in [-0.05, 0) is 53.4 Å². The molecule has 2 amide bonds. The highest BCUT2D eigenvalue weighted by Crippen LogP contribution is 2.32. The van der Waals surface area contributed by atoms with E-state index in [1.54, 1.807) is 9.80 Å². The summed E-state index contributed by atoms with van der Waals surface area (Å²) < 4.78 is 28.8. The molecule has 1 fully saturated rings. The number of aryl methyl sites for hydroxylation is 1. The fraction of sp³-hybridized carbons (Fsp3) is 0.226. The van der Waals surface area contributed by atoms with E-state index in [0.717, 1.165) is 34.4 Å². The maximum absolute atomic E-state index is 14.0. The zero-order valence-corrected chi connectivity index (χ0v) is 22.3. The van der Waals surface area contributed by atoms with E-state index in [2.05, 4.69) is 0 Å². The van der Waals surface area contributed by atoms with Crippen LogP contribution in [0.3, 0.4) is 0 Å². The molecule has 0 unspecified atom stereocenters. The highest BCUT2D eigenvalue weighted by Gasteiger charge is 2.29. The average Bonchev–Trinajstić information content (AvgIpc) is 3.26. The fourth-order valence-corrected chi connectivity index (χ4v) is 5.18. The van der Waals surface area contributed by atoms with Gasteiger partial charge >= 0.3 is 0 Å². The van der Waals surface area contributed by atoms with Crippen LogP contribution < -0.4 is 0 Å². The van der Waals surface area contributed by atoms with Crippen LogP contribution in [0.5, 0.6) is 0 Å². The molecule has 8 heteroatoms. The van der Waals surface area contributed by atoms with Crippen LogP contribution in [0.4, 0.5) is 8.78 Å². The lowest BCUT2D eigenvalue weighted by molar-refractivity contribution is -0.131. The second-order valence-corrected chi connectivity index (χ2v) is 10.2. The molecule has 39 heavy (non-hydrogen) atoms. The van der Waals surface area contributed by atoms with Crippen molar-refractivity contribution in [1.82, 2.24) is 14.4 Å². The van der Waals surface area contributed by atoms with Crippen LogP contribution in [0.15, 0.2) is 79.0 Å². The third-order valence-electron chi connectivity index (χ3n) is 7.06. The molecule has 1 aliphatic heterocycles. The molecule has 0 saturated carbocycles. The number of amides is 2. The van der Waals surface area contributed by atoms with E-state index in [0.29, 0.717) is 49.0 Å².